The van der Waals surface area contributed by atoms with Crippen molar-refractivity contribution in [2.24, 2.45) is 22.4 Å². The van der Waals surface area contributed by atoms with Gasteiger partial charge >= 0.3 is 0 Å². The summed E-state index contributed by atoms with van der Waals surface area (Å²) in [7, 11) is 1.95. The number of amides is 1. The van der Waals surface area contributed by atoms with E-state index in [-0.39, 0.29) is 31.1 Å². The Morgan fingerprint density at radius 2 is 2.06 bits per heavy atom. The number of nitrogens with two attached hydrogens (primary N) is 2. The first kappa shape index (κ1) is 33.0. The van der Waals surface area contributed by atoms with Crippen LogP contribution >= 0.6 is 0 Å². The number of rotatable bonds is 10. The van der Waals surface area contributed by atoms with Gasteiger partial charge in [0.2, 0.25) is 0 Å². The highest BCUT2D eigenvalue weighted by molar-refractivity contribution is 6.03. The number of hydrogen-bond acceptors (Lipinski definition) is 4. The molecule has 0 saturated carbocycles. The zero-order valence-corrected chi connectivity index (χ0v) is 19.8. The van der Waals surface area contributed by atoms with Crippen molar-refractivity contribution in [1.82, 2.24) is 5.32 Å². The molecule has 9 heteroatoms. The van der Waals surface area contributed by atoms with Crippen LogP contribution in [0.2, 0.25) is 0 Å². The number of aliphatic imine (C=N–C) groups is 1. The monoisotopic (exact) mass is 486 g/mol. The predicted octanol–water partition coefficient (Wildman–Crippen LogP) is 4.27. The van der Waals surface area contributed by atoms with Crippen molar-refractivity contribution in [3.63, 3.8) is 0 Å². The molecule has 1 aliphatic carbocycles. The Bertz CT molecular complexity index is 863. The van der Waals surface area contributed by atoms with Gasteiger partial charge in [-0.3, -0.25) is 14.2 Å². The smallest absolute Gasteiger partial charge is 0.252 e. The topological polar surface area (TPSA) is 111 Å². The van der Waals surface area contributed by atoms with Gasteiger partial charge in [-0.05, 0) is 55.9 Å². The van der Waals surface area contributed by atoms with Crippen molar-refractivity contribution in [1.29, 1.82) is 0 Å². The standard InChI is InChI=1S/C18H24FN3O2.C7H11N.2FH.2H2/c1-13(19)5-6-14-3-2-4-15(11-14)7-8-17(21)22-18(24)16(12-20)9-10-23;1-8-7-5-3-2-4-6-7;;;;/h2-4,7-8,10-11,13,16H,5-6,9,12,20H2,1H3,(H2,21,22,24);3,5-6,8H,2,4H2,1H3;4*1H/b8-7+;;;;;/t13?,16-;;;;;/m0...../s1. The number of aldehydes is 1. The van der Waals surface area contributed by atoms with Gasteiger partial charge in [0.15, 0.2) is 0 Å². The number of halogens is 3. The van der Waals surface area contributed by atoms with Crippen LogP contribution in [0.3, 0.4) is 0 Å². The molecule has 34 heavy (non-hydrogen) atoms. The summed E-state index contributed by atoms with van der Waals surface area (Å²) in [6.07, 6.45) is 13.1. The molecule has 1 amide bonds. The fourth-order valence-electron chi connectivity index (χ4n) is 2.87. The molecule has 0 fully saturated rings. The first-order valence-electron chi connectivity index (χ1n) is 10.9. The Balaban J connectivity index is -0.000000366. The summed E-state index contributed by atoms with van der Waals surface area (Å²) >= 11 is 0. The molecule has 0 aromatic heterocycles. The van der Waals surface area contributed by atoms with Gasteiger partial charge in [-0.15, -0.1) is 0 Å². The van der Waals surface area contributed by atoms with Crippen LogP contribution < -0.4 is 16.8 Å². The molecule has 194 valence electrons. The lowest BCUT2D eigenvalue weighted by Crippen LogP contribution is -2.24. The number of aryl methyl sites for hydroxylation is 1. The molecule has 6 nitrogen and oxygen atoms in total. The highest BCUT2D eigenvalue weighted by atomic mass is 19.1. The summed E-state index contributed by atoms with van der Waals surface area (Å²) in [4.78, 5) is 26.0. The molecule has 0 saturated heterocycles. The number of alkyl halides is 1. The van der Waals surface area contributed by atoms with Crippen molar-refractivity contribution in [3.05, 3.63) is 65.4 Å². The minimum Gasteiger partial charge on any atom is -0.388 e. The third-order valence-corrected chi connectivity index (χ3v) is 4.77. The molecule has 0 bridgehead atoms. The van der Waals surface area contributed by atoms with Crippen molar-refractivity contribution in [3.8, 4) is 0 Å². The minimum atomic E-state index is -0.833. The number of carbonyl (C=O) groups excluding carboxylic acids is 2. The Morgan fingerprint density at radius 3 is 2.59 bits per heavy atom. The second kappa shape index (κ2) is 19.3. The molecule has 0 spiro atoms. The number of benzene rings is 1. The minimum absolute atomic E-state index is 0. The molecule has 5 N–H and O–H groups in total. The number of carbonyl (C=O) groups is 2. The molecule has 1 aromatic carbocycles. The summed E-state index contributed by atoms with van der Waals surface area (Å²) in [5.74, 6) is -1.09. The molecule has 2 rings (SSSR count). The average Bonchev–Trinajstić information content (AvgIpc) is 2.81. The van der Waals surface area contributed by atoms with Crippen molar-refractivity contribution < 1.29 is 26.2 Å². The van der Waals surface area contributed by atoms with E-state index in [1.165, 1.54) is 31.5 Å². The van der Waals surface area contributed by atoms with E-state index in [2.05, 4.69) is 28.5 Å². The summed E-state index contributed by atoms with van der Waals surface area (Å²) in [6, 6.07) is 7.63. The normalized spacial score (nSPS) is 14.5. The van der Waals surface area contributed by atoms with E-state index in [1.807, 2.05) is 31.3 Å². The number of nitrogens with zero attached hydrogens (tertiary/aromatic N) is 1. The third-order valence-electron chi connectivity index (χ3n) is 4.77. The van der Waals surface area contributed by atoms with E-state index in [0.717, 1.165) is 11.1 Å². The van der Waals surface area contributed by atoms with E-state index in [4.69, 9.17) is 11.5 Å². The van der Waals surface area contributed by atoms with Gasteiger partial charge < -0.3 is 21.6 Å². The Kier molecular flexibility index (Phi) is 18.7. The molecular weight excluding hydrogens is 445 g/mol. The second-order valence-electron chi connectivity index (χ2n) is 7.50. The fraction of sp³-hybridized carbons (Fsp3) is 0.400. The largest absolute Gasteiger partial charge is 0.388 e. The van der Waals surface area contributed by atoms with E-state index in [9.17, 15) is 14.0 Å². The molecule has 0 radical (unpaired) electrons. The van der Waals surface area contributed by atoms with Crippen LogP contribution in [0.15, 0.2) is 59.3 Å². The van der Waals surface area contributed by atoms with Crippen LogP contribution in [0.1, 0.15) is 46.6 Å². The van der Waals surface area contributed by atoms with Gasteiger partial charge in [0.05, 0.1) is 12.1 Å². The highest BCUT2D eigenvalue weighted by Crippen LogP contribution is 2.11. The van der Waals surface area contributed by atoms with Gasteiger partial charge in [0.1, 0.15) is 12.1 Å². The van der Waals surface area contributed by atoms with E-state index in [1.54, 1.807) is 6.08 Å². The van der Waals surface area contributed by atoms with Gasteiger partial charge in [-0.2, -0.15) is 4.99 Å². The van der Waals surface area contributed by atoms with Crippen LogP contribution in [-0.2, 0) is 16.0 Å². The molecule has 1 aromatic rings. The molecule has 2 atom stereocenters. The maximum absolute atomic E-state index is 12.9. The first-order chi connectivity index (χ1) is 15.4. The fourth-order valence-corrected chi connectivity index (χ4v) is 2.87. The Labute approximate surface area is 202 Å². The molecule has 1 unspecified atom stereocenters. The highest BCUT2D eigenvalue weighted by Gasteiger charge is 2.15. The van der Waals surface area contributed by atoms with Crippen LogP contribution in [-0.4, -0.2) is 37.8 Å². The summed E-state index contributed by atoms with van der Waals surface area (Å²) in [6.45, 7) is 1.59. The number of nitrogens with one attached hydrogen (secondary N) is 1. The molecule has 1 aliphatic rings. The lowest BCUT2D eigenvalue weighted by atomic mass is 10.0. The molecule has 0 heterocycles. The number of hydrogen-bond donors (Lipinski definition) is 3. The maximum atomic E-state index is 12.9. The van der Waals surface area contributed by atoms with Gasteiger partial charge in [0, 0.05) is 28.6 Å². The number of likely N-dealkylation sites (N-methyl/N-ethyl adjacent to an activating group) is 1. The average molecular weight is 487 g/mol. The van der Waals surface area contributed by atoms with Crippen molar-refractivity contribution in [2.75, 3.05) is 13.6 Å². The zero-order chi connectivity index (χ0) is 23.8. The molecular formula is C25H41F3N4O2. The number of amidine groups is 1. The Morgan fingerprint density at radius 1 is 1.32 bits per heavy atom. The summed E-state index contributed by atoms with van der Waals surface area (Å²) in [5, 5.41) is 3.08. The van der Waals surface area contributed by atoms with E-state index in [0.29, 0.717) is 19.1 Å². The van der Waals surface area contributed by atoms with E-state index >= 15 is 0 Å². The van der Waals surface area contributed by atoms with Gasteiger partial charge in [-0.25, -0.2) is 4.39 Å². The van der Waals surface area contributed by atoms with E-state index < -0.39 is 18.0 Å². The third kappa shape index (κ3) is 14.1. The summed E-state index contributed by atoms with van der Waals surface area (Å²) in [5.41, 5.74) is 14.3. The second-order valence-corrected chi connectivity index (χ2v) is 7.50. The van der Waals surface area contributed by atoms with Crippen LogP contribution in [0.25, 0.3) is 6.08 Å². The Hall–Kier alpha value is -3.20. The summed E-state index contributed by atoms with van der Waals surface area (Å²) < 4.78 is 12.9. The SMILES string of the molecule is CC(F)CCc1cccc(/C=C/C(N)=NC(=O)[C@H](CN)CC=O)c1.CNC1=CCCC=C1.F.F.[HH].[HH]. The number of allylic oxidation sites excluding steroid dienone is 3. The van der Waals surface area contributed by atoms with Gasteiger partial charge in [-0.1, -0.05) is 42.5 Å². The maximum Gasteiger partial charge on any atom is 0.252 e. The molecule has 0 aliphatic heterocycles. The van der Waals surface area contributed by atoms with Crippen LogP contribution in [0, 0.1) is 5.92 Å². The van der Waals surface area contributed by atoms with Crippen LogP contribution in [0.5, 0.6) is 0 Å². The zero-order valence-electron chi connectivity index (χ0n) is 19.8. The van der Waals surface area contributed by atoms with Crippen molar-refractivity contribution >= 4 is 24.1 Å². The lowest BCUT2D eigenvalue weighted by Gasteiger charge is -2.06. The van der Waals surface area contributed by atoms with Gasteiger partial charge in [0.25, 0.3) is 5.91 Å². The quantitative estimate of drug-likeness (QED) is 0.260. The van der Waals surface area contributed by atoms with Crippen LogP contribution in [0.4, 0.5) is 13.8 Å². The van der Waals surface area contributed by atoms with Crippen molar-refractivity contribution in [2.45, 2.75) is 45.2 Å². The predicted molar refractivity (Wildman–Crippen MR) is 139 cm³/mol. The first-order valence-corrected chi connectivity index (χ1v) is 10.9. The lowest BCUT2D eigenvalue weighted by molar-refractivity contribution is -0.123.